The van der Waals surface area contributed by atoms with Gasteiger partial charge in [0.2, 0.25) is 11.8 Å². The first-order chi connectivity index (χ1) is 15.0. The fourth-order valence-corrected chi connectivity index (χ4v) is 2.90. The fourth-order valence-electron chi connectivity index (χ4n) is 2.90. The minimum Gasteiger partial charge on any atom is -0.376 e. The number of nitrogens with one attached hydrogen (secondary N) is 4. The monoisotopic (exact) mass is 424 g/mol. The van der Waals surface area contributed by atoms with Gasteiger partial charge in [0.15, 0.2) is 0 Å². The van der Waals surface area contributed by atoms with E-state index in [1.165, 1.54) is 0 Å². The number of hydrogen-bond acceptors (Lipinski definition) is 4. The van der Waals surface area contributed by atoms with Gasteiger partial charge in [0.25, 0.3) is 5.91 Å². The Morgan fingerprint density at radius 3 is 2.10 bits per heavy atom. The van der Waals surface area contributed by atoms with Crippen LogP contribution in [-0.2, 0) is 9.59 Å². The molecule has 2 rings (SSSR count). The van der Waals surface area contributed by atoms with Crippen LogP contribution in [0, 0.1) is 0 Å². The van der Waals surface area contributed by atoms with Crippen LogP contribution < -0.4 is 21.3 Å². The Morgan fingerprint density at radius 1 is 0.774 bits per heavy atom. The second-order valence-corrected chi connectivity index (χ2v) is 7.32. The molecule has 0 aliphatic carbocycles. The first kappa shape index (κ1) is 23.9. The minimum atomic E-state index is -0.212. The Hall–Kier alpha value is -3.35. The summed E-state index contributed by atoms with van der Waals surface area (Å²) in [6.45, 7) is 4.82. The quantitative estimate of drug-likeness (QED) is 0.380. The fraction of sp³-hybridized carbons (Fsp3) is 0.375. The van der Waals surface area contributed by atoms with Gasteiger partial charge in [-0.05, 0) is 55.3 Å². The molecule has 31 heavy (non-hydrogen) atoms. The van der Waals surface area contributed by atoms with Crippen molar-refractivity contribution in [3.8, 4) is 0 Å². The van der Waals surface area contributed by atoms with E-state index < -0.39 is 0 Å². The van der Waals surface area contributed by atoms with Crippen LogP contribution in [0.1, 0.15) is 56.3 Å². The molecule has 0 unspecified atom stereocenters. The lowest BCUT2D eigenvalue weighted by molar-refractivity contribution is -0.116. The van der Waals surface area contributed by atoms with E-state index in [9.17, 15) is 14.4 Å². The summed E-state index contributed by atoms with van der Waals surface area (Å²) < 4.78 is 0. The topological polar surface area (TPSA) is 99.3 Å². The van der Waals surface area contributed by atoms with Gasteiger partial charge in [-0.15, -0.1) is 0 Å². The molecule has 0 aromatic heterocycles. The lowest BCUT2D eigenvalue weighted by atomic mass is 10.2. The highest BCUT2D eigenvalue weighted by atomic mass is 16.2. The van der Waals surface area contributed by atoms with E-state index in [-0.39, 0.29) is 24.3 Å². The average molecular weight is 425 g/mol. The predicted octanol–water partition coefficient (Wildman–Crippen LogP) is 4.40. The molecule has 7 heteroatoms. The van der Waals surface area contributed by atoms with Crippen molar-refractivity contribution in [2.75, 3.05) is 29.0 Å². The Kier molecular flexibility index (Phi) is 10.1. The zero-order valence-corrected chi connectivity index (χ0v) is 18.3. The molecular weight excluding hydrogens is 392 g/mol. The highest BCUT2D eigenvalue weighted by molar-refractivity contribution is 5.96. The molecule has 0 radical (unpaired) electrons. The van der Waals surface area contributed by atoms with Crippen molar-refractivity contribution in [3.63, 3.8) is 0 Å². The second-order valence-electron chi connectivity index (χ2n) is 7.32. The number of benzene rings is 2. The van der Waals surface area contributed by atoms with E-state index in [4.69, 9.17) is 0 Å². The molecule has 0 atom stereocenters. The molecule has 0 heterocycles. The van der Waals surface area contributed by atoms with Gasteiger partial charge in [0, 0.05) is 35.6 Å². The largest absolute Gasteiger partial charge is 0.376 e. The van der Waals surface area contributed by atoms with Gasteiger partial charge < -0.3 is 21.3 Å². The van der Waals surface area contributed by atoms with Gasteiger partial charge in [-0.25, -0.2) is 0 Å². The first-order valence-corrected chi connectivity index (χ1v) is 10.8. The van der Waals surface area contributed by atoms with E-state index in [2.05, 4.69) is 28.2 Å². The Morgan fingerprint density at radius 2 is 1.45 bits per heavy atom. The number of rotatable bonds is 12. The van der Waals surface area contributed by atoms with Crippen molar-refractivity contribution in [2.24, 2.45) is 0 Å². The molecule has 2 aromatic carbocycles. The molecule has 166 valence electrons. The van der Waals surface area contributed by atoms with E-state index in [0.29, 0.717) is 29.9 Å². The van der Waals surface area contributed by atoms with Crippen molar-refractivity contribution in [2.45, 2.75) is 46.0 Å². The van der Waals surface area contributed by atoms with Crippen molar-refractivity contribution in [1.82, 2.24) is 5.32 Å². The summed E-state index contributed by atoms with van der Waals surface area (Å²) in [6, 6.07) is 14.1. The molecule has 0 saturated heterocycles. The molecule has 0 aliphatic rings. The number of amides is 3. The first-order valence-electron chi connectivity index (χ1n) is 10.8. The molecule has 0 aliphatic heterocycles. The van der Waals surface area contributed by atoms with Crippen molar-refractivity contribution >= 4 is 34.8 Å². The maximum absolute atomic E-state index is 12.3. The molecule has 3 amide bonds. The van der Waals surface area contributed by atoms with Gasteiger partial charge in [-0.3, -0.25) is 14.4 Å². The molecule has 0 saturated carbocycles. The lowest BCUT2D eigenvalue weighted by Crippen LogP contribution is -2.24. The van der Waals surface area contributed by atoms with Gasteiger partial charge in [-0.1, -0.05) is 32.8 Å². The molecule has 7 nitrogen and oxygen atoms in total. The van der Waals surface area contributed by atoms with Crippen LogP contribution in [0.3, 0.4) is 0 Å². The highest BCUT2D eigenvalue weighted by Gasteiger charge is 2.07. The predicted molar refractivity (Wildman–Crippen MR) is 125 cm³/mol. The zero-order valence-electron chi connectivity index (χ0n) is 18.3. The van der Waals surface area contributed by atoms with E-state index in [1.807, 2.05) is 6.92 Å². The van der Waals surface area contributed by atoms with E-state index in [1.54, 1.807) is 48.5 Å². The number of anilines is 3. The Labute approximate surface area is 184 Å². The second kappa shape index (κ2) is 13.1. The number of unbranched alkanes of at least 4 members (excludes halogenated alkanes) is 2. The van der Waals surface area contributed by atoms with Crippen molar-refractivity contribution < 1.29 is 14.4 Å². The lowest BCUT2D eigenvalue weighted by Gasteiger charge is -2.10. The van der Waals surface area contributed by atoms with Crippen LogP contribution in [0.4, 0.5) is 17.1 Å². The summed E-state index contributed by atoms with van der Waals surface area (Å²) >= 11 is 0. The standard InChI is InChI=1S/C24H32N4O3/c1-3-5-6-10-22(29)27-20-8-7-9-21(16-20)28-23(30)17-26-19-13-11-18(12-14-19)24(31)25-15-4-2/h7-9,11-14,16,26H,3-6,10,15,17H2,1-2H3,(H,25,31)(H,27,29)(H,28,30). The Balaban J connectivity index is 1.80. The number of carbonyl (C=O) groups excluding carboxylic acids is 3. The smallest absolute Gasteiger partial charge is 0.251 e. The van der Waals surface area contributed by atoms with Crippen LogP contribution >= 0.6 is 0 Å². The maximum Gasteiger partial charge on any atom is 0.251 e. The Bertz CT molecular complexity index is 865. The molecule has 4 N–H and O–H groups in total. The average Bonchev–Trinajstić information content (AvgIpc) is 2.77. The molecular formula is C24H32N4O3. The van der Waals surface area contributed by atoms with Gasteiger partial charge in [0.05, 0.1) is 6.54 Å². The molecule has 0 spiro atoms. The van der Waals surface area contributed by atoms with Crippen molar-refractivity contribution in [3.05, 3.63) is 54.1 Å². The number of hydrogen-bond donors (Lipinski definition) is 4. The third-order valence-electron chi connectivity index (χ3n) is 4.57. The molecule has 0 bridgehead atoms. The normalized spacial score (nSPS) is 10.3. The third kappa shape index (κ3) is 8.90. The zero-order chi connectivity index (χ0) is 22.5. The van der Waals surface area contributed by atoms with Crippen LogP contribution in [0.2, 0.25) is 0 Å². The van der Waals surface area contributed by atoms with Crippen LogP contribution in [0.15, 0.2) is 48.5 Å². The van der Waals surface area contributed by atoms with E-state index >= 15 is 0 Å². The SMILES string of the molecule is CCCCCC(=O)Nc1cccc(NC(=O)CNc2ccc(C(=O)NCCC)cc2)c1. The number of carbonyl (C=O) groups is 3. The maximum atomic E-state index is 12.3. The summed E-state index contributed by atoms with van der Waals surface area (Å²) in [4.78, 5) is 36.1. The summed E-state index contributed by atoms with van der Waals surface area (Å²) in [5.41, 5.74) is 2.59. The van der Waals surface area contributed by atoms with Crippen LogP contribution in [-0.4, -0.2) is 30.8 Å². The van der Waals surface area contributed by atoms with Crippen LogP contribution in [0.25, 0.3) is 0 Å². The van der Waals surface area contributed by atoms with Gasteiger partial charge in [-0.2, -0.15) is 0 Å². The summed E-state index contributed by atoms with van der Waals surface area (Å²) in [7, 11) is 0. The molecule has 2 aromatic rings. The van der Waals surface area contributed by atoms with Gasteiger partial charge in [0.1, 0.15) is 0 Å². The van der Waals surface area contributed by atoms with Crippen molar-refractivity contribution in [1.29, 1.82) is 0 Å². The third-order valence-corrected chi connectivity index (χ3v) is 4.57. The van der Waals surface area contributed by atoms with Crippen LogP contribution in [0.5, 0.6) is 0 Å². The summed E-state index contributed by atoms with van der Waals surface area (Å²) in [5.74, 6) is -0.343. The molecule has 0 fully saturated rings. The van der Waals surface area contributed by atoms with E-state index in [0.717, 1.165) is 31.4 Å². The summed E-state index contributed by atoms with van der Waals surface area (Å²) in [5, 5.41) is 11.5. The highest BCUT2D eigenvalue weighted by Crippen LogP contribution is 2.16. The van der Waals surface area contributed by atoms with Gasteiger partial charge >= 0.3 is 0 Å². The summed E-state index contributed by atoms with van der Waals surface area (Å²) in [6.07, 6.45) is 4.35. The minimum absolute atomic E-state index is 0.0228.